The highest BCUT2D eigenvalue weighted by atomic mass is 32.1. The fourth-order valence-electron chi connectivity index (χ4n) is 8.49. The Morgan fingerprint density at radius 2 is 0.940 bits per heavy atom. The molecule has 4 heterocycles. The van der Waals surface area contributed by atoms with Crippen LogP contribution >= 0.6 is 22.7 Å². The van der Waals surface area contributed by atoms with E-state index in [0.717, 1.165) is 49.4 Å². The van der Waals surface area contributed by atoms with Gasteiger partial charge in [-0.1, -0.05) is 103 Å². The van der Waals surface area contributed by atoms with Gasteiger partial charge in [-0.05, 0) is 74.5 Å². The number of thiophene rings is 2. The minimum atomic E-state index is 0.854. The summed E-state index contributed by atoms with van der Waals surface area (Å²) in [4.78, 5) is 0. The first kappa shape index (κ1) is 26.9. The summed E-state index contributed by atoms with van der Waals surface area (Å²) in [5.74, 6) is 0. The molecule has 0 radical (unpaired) electrons. The van der Waals surface area contributed by atoms with Crippen LogP contribution < -0.4 is 0 Å². The Morgan fingerprint density at radius 3 is 1.66 bits per heavy atom. The third-order valence-corrected chi connectivity index (χ3v) is 12.6. The zero-order chi connectivity index (χ0) is 32.5. The van der Waals surface area contributed by atoms with Gasteiger partial charge in [0.1, 0.15) is 22.3 Å². The summed E-state index contributed by atoms with van der Waals surface area (Å²) in [7, 11) is 0. The van der Waals surface area contributed by atoms with Crippen molar-refractivity contribution in [3.63, 3.8) is 0 Å². The van der Waals surface area contributed by atoms with Crippen LogP contribution in [0.1, 0.15) is 0 Å². The van der Waals surface area contributed by atoms with Gasteiger partial charge in [-0.3, -0.25) is 0 Å². The summed E-state index contributed by atoms with van der Waals surface area (Å²) in [5.41, 5.74) is 8.29. The molecule has 0 amide bonds. The minimum Gasteiger partial charge on any atom is -0.455 e. The van der Waals surface area contributed by atoms with Gasteiger partial charge >= 0.3 is 0 Å². The van der Waals surface area contributed by atoms with Crippen molar-refractivity contribution in [1.82, 2.24) is 0 Å². The fraction of sp³-hybridized carbons (Fsp3) is 0. The lowest BCUT2D eigenvalue weighted by Gasteiger charge is -2.19. The summed E-state index contributed by atoms with van der Waals surface area (Å²) >= 11 is 3.74. The zero-order valence-corrected chi connectivity index (χ0v) is 28.1. The Bertz CT molecular complexity index is 3330. The average Bonchev–Trinajstić information content (AvgIpc) is 3.95. The van der Waals surface area contributed by atoms with Crippen molar-refractivity contribution >= 4 is 118 Å². The minimum absolute atomic E-state index is 0.854. The molecular formula is C46H24O2S2. The largest absolute Gasteiger partial charge is 0.455 e. The highest BCUT2D eigenvalue weighted by Gasteiger charge is 2.25. The van der Waals surface area contributed by atoms with E-state index in [2.05, 4.69) is 133 Å². The molecule has 0 saturated heterocycles. The molecule has 50 heavy (non-hydrogen) atoms. The Balaban J connectivity index is 1.27. The molecule has 12 aromatic rings. The zero-order valence-electron chi connectivity index (χ0n) is 26.5. The van der Waals surface area contributed by atoms with Crippen LogP contribution in [0.15, 0.2) is 154 Å². The van der Waals surface area contributed by atoms with E-state index in [1.807, 2.05) is 34.8 Å². The first-order chi connectivity index (χ1) is 24.8. The van der Waals surface area contributed by atoms with Crippen molar-refractivity contribution in [2.75, 3.05) is 0 Å². The van der Waals surface area contributed by atoms with E-state index >= 15 is 0 Å². The van der Waals surface area contributed by atoms with Crippen LogP contribution in [0.5, 0.6) is 0 Å². The predicted molar refractivity (Wildman–Crippen MR) is 215 cm³/mol. The molecule has 0 aliphatic carbocycles. The molecule has 0 N–H and O–H groups in total. The molecule has 0 fully saturated rings. The van der Waals surface area contributed by atoms with Gasteiger partial charge in [-0.2, -0.15) is 0 Å². The van der Waals surface area contributed by atoms with Crippen molar-refractivity contribution in [3.8, 4) is 22.3 Å². The van der Waals surface area contributed by atoms with Gasteiger partial charge in [-0.15, -0.1) is 22.7 Å². The van der Waals surface area contributed by atoms with E-state index in [-0.39, 0.29) is 0 Å². The second-order valence-electron chi connectivity index (χ2n) is 13.1. The molecule has 2 nitrogen and oxygen atoms in total. The van der Waals surface area contributed by atoms with Gasteiger partial charge in [0.25, 0.3) is 0 Å². The summed E-state index contributed by atoms with van der Waals surface area (Å²) in [6.45, 7) is 0. The molecular weight excluding hydrogens is 649 g/mol. The maximum Gasteiger partial charge on any atom is 0.147 e. The quantitative estimate of drug-likeness (QED) is 0.171. The number of para-hydroxylation sites is 2. The average molecular weight is 673 g/mol. The van der Waals surface area contributed by atoms with Crippen molar-refractivity contribution in [1.29, 1.82) is 0 Å². The number of hydrogen-bond donors (Lipinski definition) is 0. The molecule has 4 heteroatoms. The smallest absolute Gasteiger partial charge is 0.147 e. The lowest BCUT2D eigenvalue weighted by atomic mass is 9.84. The second-order valence-corrected chi connectivity index (χ2v) is 15.1. The topological polar surface area (TPSA) is 26.3 Å². The number of rotatable bonds is 2. The van der Waals surface area contributed by atoms with E-state index in [0.29, 0.717) is 0 Å². The molecule has 0 unspecified atom stereocenters. The molecule has 0 spiro atoms. The van der Waals surface area contributed by atoms with E-state index in [1.165, 1.54) is 68.5 Å². The molecule has 0 saturated carbocycles. The fourth-order valence-corrected chi connectivity index (χ4v) is 10.7. The number of benzene rings is 8. The summed E-state index contributed by atoms with van der Waals surface area (Å²) < 4.78 is 17.4. The van der Waals surface area contributed by atoms with Crippen LogP contribution in [-0.2, 0) is 0 Å². The van der Waals surface area contributed by atoms with Crippen LogP contribution in [0.2, 0.25) is 0 Å². The first-order valence-corrected chi connectivity index (χ1v) is 18.5. The lowest BCUT2D eigenvalue weighted by molar-refractivity contribution is 0.663. The van der Waals surface area contributed by atoms with Crippen LogP contribution in [0.3, 0.4) is 0 Å². The summed E-state index contributed by atoms with van der Waals surface area (Å²) in [5, 5.41) is 15.4. The first-order valence-electron chi connectivity index (χ1n) is 16.8. The van der Waals surface area contributed by atoms with Crippen molar-refractivity contribution in [2.45, 2.75) is 0 Å². The van der Waals surface area contributed by atoms with Crippen molar-refractivity contribution < 1.29 is 8.83 Å². The SMILES string of the molecule is c1ccc2c(c1)oc1c2cc(-c2c3ccccc3c(-c3cc4sc5ccccc5c4c4sccc34)c3ccccc23)c2oc3ccccc3c21. The van der Waals surface area contributed by atoms with E-state index in [1.54, 1.807) is 0 Å². The molecule has 232 valence electrons. The number of hydrogen-bond acceptors (Lipinski definition) is 4. The van der Waals surface area contributed by atoms with Gasteiger partial charge in [0.2, 0.25) is 0 Å². The highest BCUT2D eigenvalue weighted by Crippen LogP contribution is 2.52. The monoisotopic (exact) mass is 672 g/mol. The van der Waals surface area contributed by atoms with Gasteiger partial charge in [0, 0.05) is 57.5 Å². The molecule has 0 aliphatic rings. The maximum absolute atomic E-state index is 6.82. The molecule has 0 bridgehead atoms. The van der Waals surface area contributed by atoms with E-state index in [9.17, 15) is 0 Å². The Kier molecular flexibility index (Phi) is 5.29. The van der Waals surface area contributed by atoms with Crippen LogP contribution in [0.4, 0.5) is 0 Å². The van der Waals surface area contributed by atoms with E-state index in [4.69, 9.17) is 8.83 Å². The number of fused-ring (bicyclic) bond motifs is 14. The van der Waals surface area contributed by atoms with Gasteiger partial charge < -0.3 is 8.83 Å². The molecule has 0 aliphatic heterocycles. The molecule has 12 rings (SSSR count). The third kappa shape index (κ3) is 3.46. The normalized spacial score (nSPS) is 12.4. The van der Waals surface area contributed by atoms with Gasteiger partial charge in [0.15, 0.2) is 0 Å². The Morgan fingerprint density at radius 1 is 0.380 bits per heavy atom. The van der Waals surface area contributed by atoms with Gasteiger partial charge in [0.05, 0.1) is 5.39 Å². The van der Waals surface area contributed by atoms with Crippen LogP contribution in [0, 0.1) is 0 Å². The number of furan rings is 2. The summed E-state index contributed by atoms with van der Waals surface area (Å²) in [6.07, 6.45) is 0. The Hall–Kier alpha value is -5.94. The second kappa shape index (κ2) is 9.82. The molecule has 4 aromatic heterocycles. The predicted octanol–water partition coefficient (Wildman–Crippen LogP) is 14.7. The van der Waals surface area contributed by atoms with E-state index < -0.39 is 0 Å². The lowest BCUT2D eigenvalue weighted by Crippen LogP contribution is -1.92. The van der Waals surface area contributed by atoms with Crippen LogP contribution in [0.25, 0.3) is 118 Å². The maximum atomic E-state index is 6.82. The standard InChI is InChI=1S/C46H24O2S2/c1-3-14-28-26(12-1)40(33-24-39-42(46-30(33)21-22-49-46)32-17-7-10-20-38(32)50-39)27-13-2-4-15-29(27)41(28)35-23-34-25-11-5-8-18-36(25)47-44(34)43-31-16-6-9-19-37(31)48-45(35)43/h1-24H. The molecule has 0 atom stereocenters. The van der Waals surface area contributed by atoms with Crippen LogP contribution in [-0.4, -0.2) is 0 Å². The third-order valence-electron chi connectivity index (χ3n) is 10.5. The summed E-state index contributed by atoms with van der Waals surface area (Å²) in [6, 6.07) is 50.4. The van der Waals surface area contributed by atoms with Gasteiger partial charge in [-0.25, -0.2) is 0 Å². The molecule has 8 aromatic carbocycles. The highest BCUT2D eigenvalue weighted by molar-refractivity contribution is 7.27. The Labute approximate surface area is 293 Å². The van der Waals surface area contributed by atoms with Crippen molar-refractivity contribution in [3.05, 3.63) is 145 Å². The van der Waals surface area contributed by atoms with Crippen molar-refractivity contribution in [2.24, 2.45) is 0 Å².